The molecular weight excluding hydrogens is 218 g/mol. The first-order chi connectivity index (χ1) is 8.33. The van der Waals surface area contributed by atoms with Gasteiger partial charge in [0.15, 0.2) is 6.10 Å². The molecule has 0 spiro atoms. The van der Waals surface area contributed by atoms with Gasteiger partial charge < -0.3 is 14.4 Å². The maximum absolute atomic E-state index is 9.22. The van der Waals surface area contributed by atoms with Gasteiger partial charge in [-0.2, -0.15) is 0 Å². The van der Waals surface area contributed by atoms with Crippen LogP contribution in [-0.2, 0) is 4.84 Å². The van der Waals surface area contributed by atoms with Crippen LogP contribution in [0.1, 0.15) is 23.8 Å². The summed E-state index contributed by atoms with van der Waals surface area (Å²) in [5.74, 6) is 1.03. The largest absolute Gasteiger partial charge is 0.508 e. The average Bonchev–Trinajstić information content (AvgIpc) is 3.00. The van der Waals surface area contributed by atoms with E-state index >= 15 is 0 Å². The molecule has 1 aromatic carbocycles. The van der Waals surface area contributed by atoms with E-state index in [1.807, 2.05) is 24.3 Å². The number of rotatable bonds is 2. The number of hydrogen-bond donors (Lipinski definition) is 1. The summed E-state index contributed by atoms with van der Waals surface area (Å²) in [4.78, 5) is 5.33. The van der Waals surface area contributed by atoms with E-state index in [0.29, 0.717) is 6.42 Å². The van der Waals surface area contributed by atoms with Gasteiger partial charge in [-0.25, -0.2) is 0 Å². The molecular formula is C13H11NO3. The molecule has 3 rings (SSSR count). The SMILES string of the molecule is Oc1ccc(C2=NOC(c3ccco3)C2)cc1. The van der Waals surface area contributed by atoms with E-state index in [1.54, 1.807) is 18.4 Å². The van der Waals surface area contributed by atoms with Crippen LogP contribution in [0.15, 0.2) is 52.2 Å². The van der Waals surface area contributed by atoms with E-state index in [2.05, 4.69) is 5.16 Å². The van der Waals surface area contributed by atoms with Crippen LogP contribution in [0, 0.1) is 0 Å². The van der Waals surface area contributed by atoms with Gasteiger partial charge in [-0.1, -0.05) is 5.16 Å². The Morgan fingerprint density at radius 2 is 2.00 bits per heavy atom. The number of phenols is 1. The first-order valence-electron chi connectivity index (χ1n) is 5.38. The molecule has 2 heterocycles. The van der Waals surface area contributed by atoms with Gasteiger partial charge in [0.1, 0.15) is 11.5 Å². The van der Waals surface area contributed by atoms with Crippen LogP contribution in [0.5, 0.6) is 5.75 Å². The predicted octanol–water partition coefficient (Wildman–Crippen LogP) is 2.85. The van der Waals surface area contributed by atoms with Crippen molar-refractivity contribution in [1.82, 2.24) is 0 Å². The van der Waals surface area contributed by atoms with Crippen LogP contribution in [0.2, 0.25) is 0 Å². The van der Waals surface area contributed by atoms with Crippen molar-refractivity contribution in [2.45, 2.75) is 12.5 Å². The fourth-order valence-electron chi connectivity index (χ4n) is 1.83. The van der Waals surface area contributed by atoms with E-state index in [0.717, 1.165) is 17.0 Å². The van der Waals surface area contributed by atoms with Gasteiger partial charge in [0, 0.05) is 6.42 Å². The Balaban J connectivity index is 1.77. The van der Waals surface area contributed by atoms with E-state index in [1.165, 1.54) is 0 Å². The normalized spacial score (nSPS) is 18.8. The number of hydrogen-bond acceptors (Lipinski definition) is 4. The molecule has 1 aliphatic rings. The fraction of sp³-hybridized carbons (Fsp3) is 0.154. The zero-order chi connectivity index (χ0) is 11.7. The highest BCUT2D eigenvalue weighted by molar-refractivity contribution is 6.01. The molecule has 1 aliphatic heterocycles. The minimum Gasteiger partial charge on any atom is -0.508 e. The highest BCUT2D eigenvalue weighted by atomic mass is 16.6. The molecule has 1 N–H and O–H groups in total. The summed E-state index contributed by atoms with van der Waals surface area (Å²) < 4.78 is 5.28. The second-order valence-electron chi connectivity index (χ2n) is 3.90. The van der Waals surface area contributed by atoms with Crippen molar-refractivity contribution in [2.24, 2.45) is 5.16 Å². The second-order valence-corrected chi connectivity index (χ2v) is 3.90. The lowest BCUT2D eigenvalue weighted by atomic mass is 10.0. The van der Waals surface area contributed by atoms with Crippen LogP contribution >= 0.6 is 0 Å². The molecule has 86 valence electrons. The van der Waals surface area contributed by atoms with Crippen molar-refractivity contribution in [3.8, 4) is 5.75 Å². The third-order valence-corrected chi connectivity index (χ3v) is 2.73. The molecule has 0 saturated carbocycles. The van der Waals surface area contributed by atoms with Crippen molar-refractivity contribution in [3.05, 3.63) is 54.0 Å². The van der Waals surface area contributed by atoms with Crippen molar-refractivity contribution < 1.29 is 14.4 Å². The molecule has 0 amide bonds. The Hall–Kier alpha value is -2.23. The first-order valence-corrected chi connectivity index (χ1v) is 5.38. The number of aromatic hydroxyl groups is 1. The van der Waals surface area contributed by atoms with Crippen LogP contribution in [-0.4, -0.2) is 10.8 Å². The number of furan rings is 1. The smallest absolute Gasteiger partial charge is 0.190 e. The molecule has 2 aromatic rings. The number of nitrogens with zero attached hydrogens (tertiary/aromatic N) is 1. The average molecular weight is 229 g/mol. The molecule has 1 atom stereocenters. The molecule has 0 saturated heterocycles. The summed E-state index contributed by atoms with van der Waals surface area (Å²) in [5.41, 5.74) is 1.82. The van der Waals surface area contributed by atoms with Gasteiger partial charge in [0.25, 0.3) is 0 Å². The lowest BCUT2D eigenvalue weighted by Crippen LogP contribution is -2.00. The first kappa shape index (κ1) is 9.96. The molecule has 1 unspecified atom stereocenters. The van der Waals surface area contributed by atoms with Gasteiger partial charge in [-0.3, -0.25) is 0 Å². The maximum atomic E-state index is 9.22. The van der Waals surface area contributed by atoms with E-state index in [4.69, 9.17) is 9.25 Å². The minimum absolute atomic E-state index is 0.145. The summed E-state index contributed by atoms with van der Waals surface area (Å²) in [6, 6.07) is 10.6. The molecule has 0 radical (unpaired) electrons. The third kappa shape index (κ3) is 1.89. The quantitative estimate of drug-likeness (QED) is 0.861. The summed E-state index contributed by atoms with van der Waals surface area (Å²) in [5, 5.41) is 13.3. The highest BCUT2D eigenvalue weighted by Crippen LogP contribution is 2.29. The zero-order valence-electron chi connectivity index (χ0n) is 9.04. The van der Waals surface area contributed by atoms with Crippen molar-refractivity contribution in [3.63, 3.8) is 0 Å². The fourth-order valence-corrected chi connectivity index (χ4v) is 1.83. The van der Waals surface area contributed by atoms with E-state index in [-0.39, 0.29) is 11.9 Å². The zero-order valence-corrected chi connectivity index (χ0v) is 9.04. The monoisotopic (exact) mass is 229 g/mol. The van der Waals surface area contributed by atoms with Gasteiger partial charge in [0.05, 0.1) is 12.0 Å². The molecule has 0 aliphatic carbocycles. The molecule has 4 nitrogen and oxygen atoms in total. The summed E-state index contributed by atoms with van der Waals surface area (Å²) in [6.45, 7) is 0. The number of phenolic OH excluding ortho intramolecular Hbond substituents is 1. The standard InChI is InChI=1S/C13H11NO3/c15-10-5-3-9(4-6-10)11-8-13(17-14-11)12-2-1-7-16-12/h1-7,13,15H,8H2. The van der Waals surface area contributed by atoms with E-state index in [9.17, 15) is 5.11 Å². The molecule has 1 aromatic heterocycles. The maximum Gasteiger partial charge on any atom is 0.190 e. The third-order valence-electron chi connectivity index (χ3n) is 2.73. The second kappa shape index (κ2) is 3.97. The summed E-state index contributed by atoms with van der Waals surface area (Å²) >= 11 is 0. The Morgan fingerprint density at radius 3 is 2.71 bits per heavy atom. The van der Waals surface area contributed by atoms with Crippen molar-refractivity contribution in [2.75, 3.05) is 0 Å². The van der Waals surface area contributed by atoms with Gasteiger partial charge in [-0.15, -0.1) is 0 Å². The number of benzene rings is 1. The van der Waals surface area contributed by atoms with Crippen LogP contribution < -0.4 is 0 Å². The van der Waals surface area contributed by atoms with Crippen molar-refractivity contribution >= 4 is 5.71 Å². The molecule has 0 bridgehead atoms. The van der Waals surface area contributed by atoms with Gasteiger partial charge >= 0.3 is 0 Å². The Kier molecular flexibility index (Phi) is 2.33. The Labute approximate surface area is 98.1 Å². The minimum atomic E-state index is -0.145. The lowest BCUT2D eigenvalue weighted by Gasteiger charge is -2.03. The predicted molar refractivity (Wildman–Crippen MR) is 61.8 cm³/mol. The highest BCUT2D eigenvalue weighted by Gasteiger charge is 2.25. The topological polar surface area (TPSA) is 55.0 Å². The lowest BCUT2D eigenvalue weighted by molar-refractivity contribution is 0.0689. The van der Waals surface area contributed by atoms with Gasteiger partial charge in [-0.05, 0) is 42.0 Å². The van der Waals surface area contributed by atoms with Gasteiger partial charge in [0.2, 0.25) is 0 Å². The van der Waals surface area contributed by atoms with Crippen LogP contribution in [0.4, 0.5) is 0 Å². The number of oxime groups is 1. The molecule has 4 heteroatoms. The van der Waals surface area contributed by atoms with Crippen LogP contribution in [0.3, 0.4) is 0 Å². The van der Waals surface area contributed by atoms with Crippen molar-refractivity contribution in [1.29, 1.82) is 0 Å². The Morgan fingerprint density at radius 1 is 1.18 bits per heavy atom. The Bertz CT molecular complexity index is 528. The molecule has 17 heavy (non-hydrogen) atoms. The molecule has 0 fully saturated rings. The van der Waals surface area contributed by atoms with E-state index < -0.39 is 0 Å². The summed E-state index contributed by atoms with van der Waals surface area (Å²) in [7, 11) is 0. The van der Waals surface area contributed by atoms with Crippen LogP contribution in [0.25, 0.3) is 0 Å². The summed E-state index contributed by atoms with van der Waals surface area (Å²) in [6.07, 6.45) is 2.16.